The fraction of sp³-hybridized carbons (Fsp3) is 0.158. The number of para-hydroxylation sites is 1. The van der Waals surface area contributed by atoms with Crippen LogP contribution in [0, 0.1) is 0 Å². The predicted molar refractivity (Wildman–Crippen MR) is 93.4 cm³/mol. The summed E-state index contributed by atoms with van der Waals surface area (Å²) in [6.45, 7) is 7.07. The SMILES string of the molecule is C[Si](C)(C)c1ccc2ccccc2c1Oc1ccccc1. The fourth-order valence-electron chi connectivity index (χ4n) is 2.55. The second-order valence-electron chi connectivity index (χ2n) is 6.33. The van der Waals surface area contributed by atoms with Crippen molar-refractivity contribution >= 4 is 24.0 Å². The summed E-state index contributed by atoms with van der Waals surface area (Å²) in [7, 11) is -1.47. The highest BCUT2D eigenvalue weighted by atomic mass is 28.3. The normalized spacial score (nSPS) is 11.6. The van der Waals surface area contributed by atoms with Crippen molar-refractivity contribution < 1.29 is 4.74 Å². The molecule has 3 rings (SSSR count). The molecule has 2 heteroatoms. The molecule has 21 heavy (non-hydrogen) atoms. The molecule has 0 aliphatic heterocycles. The monoisotopic (exact) mass is 292 g/mol. The maximum atomic E-state index is 6.28. The Bertz CT molecular complexity index is 757. The van der Waals surface area contributed by atoms with Crippen LogP contribution in [0.5, 0.6) is 11.5 Å². The number of fused-ring (bicyclic) bond motifs is 1. The molecule has 1 nitrogen and oxygen atoms in total. The first-order valence-electron chi connectivity index (χ1n) is 7.31. The zero-order valence-corrected chi connectivity index (χ0v) is 13.8. The quantitative estimate of drug-likeness (QED) is 0.605. The van der Waals surface area contributed by atoms with E-state index in [1.165, 1.54) is 16.0 Å². The maximum absolute atomic E-state index is 6.28. The summed E-state index contributed by atoms with van der Waals surface area (Å²) in [6.07, 6.45) is 0. The zero-order valence-electron chi connectivity index (χ0n) is 12.8. The van der Waals surface area contributed by atoms with Crippen LogP contribution in [0.3, 0.4) is 0 Å². The predicted octanol–water partition coefficient (Wildman–Crippen LogP) is 5.18. The molecule has 0 amide bonds. The van der Waals surface area contributed by atoms with E-state index in [4.69, 9.17) is 4.74 Å². The Labute approximate surface area is 127 Å². The molecule has 0 aliphatic rings. The van der Waals surface area contributed by atoms with Gasteiger partial charge in [0.05, 0.1) is 8.07 Å². The molecule has 3 aromatic rings. The summed E-state index contributed by atoms with van der Waals surface area (Å²) in [6, 6.07) is 22.9. The zero-order chi connectivity index (χ0) is 14.9. The van der Waals surface area contributed by atoms with Crippen molar-refractivity contribution in [3.05, 3.63) is 66.7 Å². The van der Waals surface area contributed by atoms with Crippen LogP contribution in [0.25, 0.3) is 10.8 Å². The molecule has 0 aromatic heterocycles. The van der Waals surface area contributed by atoms with Crippen molar-refractivity contribution in [3.8, 4) is 11.5 Å². The van der Waals surface area contributed by atoms with Crippen LogP contribution in [0.2, 0.25) is 19.6 Å². The van der Waals surface area contributed by atoms with Gasteiger partial charge in [-0.05, 0) is 22.7 Å². The average molecular weight is 292 g/mol. The van der Waals surface area contributed by atoms with E-state index in [2.05, 4.69) is 56.0 Å². The van der Waals surface area contributed by atoms with Gasteiger partial charge in [-0.3, -0.25) is 0 Å². The molecule has 0 aliphatic carbocycles. The molecule has 0 heterocycles. The van der Waals surface area contributed by atoms with E-state index in [1.54, 1.807) is 0 Å². The molecule has 106 valence electrons. The molecule has 0 N–H and O–H groups in total. The molecular weight excluding hydrogens is 272 g/mol. The van der Waals surface area contributed by atoms with E-state index in [0.717, 1.165) is 11.5 Å². The second-order valence-corrected chi connectivity index (χ2v) is 11.4. The van der Waals surface area contributed by atoms with Crippen molar-refractivity contribution in [2.24, 2.45) is 0 Å². The minimum atomic E-state index is -1.47. The fourth-order valence-corrected chi connectivity index (χ4v) is 4.00. The van der Waals surface area contributed by atoms with Gasteiger partial charge in [0.1, 0.15) is 11.5 Å². The lowest BCUT2D eigenvalue weighted by atomic mass is 10.1. The van der Waals surface area contributed by atoms with Crippen LogP contribution < -0.4 is 9.92 Å². The van der Waals surface area contributed by atoms with Crippen LogP contribution >= 0.6 is 0 Å². The molecule has 0 bridgehead atoms. The van der Waals surface area contributed by atoms with Gasteiger partial charge in [-0.25, -0.2) is 0 Å². The molecule has 3 aromatic carbocycles. The van der Waals surface area contributed by atoms with Crippen molar-refractivity contribution in [1.29, 1.82) is 0 Å². The van der Waals surface area contributed by atoms with Gasteiger partial charge in [0.15, 0.2) is 0 Å². The number of ether oxygens (including phenoxy) is 1. The lowest BCUT2D eigenvalue weighted by Crippen LogP contribution is -2.38. The van der Waals surface area contributed by atoms with Gasteiger partial charge in [0.2, 0.25) is 0 Å². The largest absolute Gasteiger partial charge is 0.457 e. The van der Waals surface area contributed by atoms with Crippen molar-refractivity contribution in [3.63, 3.8) is 0 Å². The topological polar surface area (TPSA) is 9.23 Å². The number of benzene rings is 3. The van der Waals surface area contributed by atoms with E-state index >= 15 is 0 Å². The molecule has 0 saturated heterocycles. The smallest absolute Gasteiger partial charge is 0.134 e. The first kappa shape index (κ1) is 13.9. The molecule has 0 fully saturated rings. The third-order valence-electron chi connectivity index (χ3n) is 3.65. The van der Waals surface area contributed by atoms with Crippen LogP contribution in [0.4, 0.5) is 0 Å². The first-order chi connectivity index (χ1) is 10.1. The van der Waals surface area contributed by atoms with Gasteiger partial charge >= 0.3 is 0 Å². The molecule has 0 saturated carbocycles. The minimum Gasteiger partial charge on any atom is -0.457 e. The lowest BCUT2D eigenvalue weighted by Gasteiger charge is -2.22. The lowest BCUT2D eigenvalue weighted by molar-refractivity contribution is 0.491. The third-order valence-corrected chi connectivity index (χ3v) is 5.66. The van der Waals surface area contributed by atoms with Crippen LogP contribution in [0.1, 0.15) is 0 Å². The summed E-state index contributed by atoms with van der Waals surface area (Å²) in [5, 5.41) is 3.79. The Morgan fingerprint density at radius 3 is 2.10 bits per heavy atom. The summed E-state index contributed by atoms with van der Waals surface area (Å²) in [4.78, 5) is 0. The third kappa shape index (κ3) is 2.86. The van der Waals surface area contributed by atoms with E-state index in [0.29, 0.717) is 0 Å². The second kappa shape index (κ2) is 5.38. The van der Waals surface area contributed by atoms with Crippen LogP contribution in [0.15, 0.2) is 66.7 Å². The molecular formula is C19H20OSi. The number of rotatable bonds is 3. The van der Waals surface area contributed by atoms with E-state index in [9.17, 15) is 0 Å². The van der Waals surface area contributed by atoms with Gasteiger partial charge in [-0.1, -0.05) is 74.2 Å². The van der Waals surface area contributed by atoms with Crippen molar-refractivity contribution in [2.75, 3.05) is 0 Å². The first-order valence-corrected chi connectivity index (χ1v) is 10.8. The van der Waals surface area contributed by atoms with Gasteiger partial charge < -0.3 is 4.74 Å². The molecule has 0 unspecified atom stereocenters. The number of hydrogen-bond acceptors (Lipinski definition) is 1. The molecule has 0 spiro atoms. The summed E-state index contributed by atoms with van der Waals surface area (Å²) in [5.74, 6) is 1.92. The van der Waals surface area contributed by atoms with Crippen molar-refractivity contribution in [2.45, 2.75) is 19.6 Å². The van der Waals surface area contributed by atoms with Crippen LogP contribution in [-0.4, -0.2) is 8.07 Å². The van der Waals surface area contributed by atoms with Gasteiger partial charge in [0.25, 0.3) is 0 Å². The number of hydrogen-bond donors (Lipinski definition) is 0. The highest BCUT2D eigenvalue weighted by molar-refractivity contribution is 6.89. The molecule has 0 atom stereocenters. The maximum Gasteiger partial charge on any atom is 0.134 e. The Balaban J connectivity index is 2.21. The van der Waals surface area contributed by atoms with E-state index < -0.39 is 8.07 Å². The average Bonchev–Trinajstić information content (AvgIpc) is 2.47. The Hall–Kier alpha value is -2.06. The van der Waals surface area contributed by atoms with Gasteiger partial charge in [0, 0.05) is 5.39 Å². The molecule has 0 radical (unpaired) electrons. The Morgan fingerprint density at radius 2 is 1.38 bits per heavy atom. The Morgan fingerprint density at radius 1 is 0.714 bits per heavy atom. The minimum absolute atomic E-state index is 0.897. The summed E-state index contributed by atoms with van der Waals surface area (Å²) in [5.41, 5.74) is 0. The van der Waals surface area contributed by atoms with Gasteiger partial charge in [-0.2, -0.15) is 0 Å². The summed E-state index contributed by atoms with van der Waals surface area (Å²) < 4.78 is 6.28. The van der Waals surface area contributed by atoms with Crippen molar-refractivity contribution in [1.82, 2.24) is 0 Å². The Kier molecular flexibility index (Phi) is 3.56. The highest BCUT2D eigenvalue weighted by Gasteiger charge is 2.23. The van der Waals surface area contributed by atoms with Gasteiger partial charge in [-0.15, -0.1) is 0 Å². The standard InChI is InChI=1S/C19H20OSi/c1-21(2,3)18-14-13-15-9-7-8-12-17(15)19(18)20-16-10-5-4-6-11-16/h4-14H,1-3H3. The summed E-state index contributed by atoms with van der Waals surface area (Å²) >= 11 is 0. The van der Waals surface area contributed by atoms with E-state index in [-0.39, 0.29) is 0 Å². The van der Waals surface area contributed by atoms with E-state index in [1.807, 2.05) is 30.3 Å². The van der Waals surface area contributed by atoms with Crippen LogP contribution in [-0.2, 0) is 0 Å². The highest BCUT2D eigenvalue weighted by Crippen LogP contribution is 2.30.